The zero-order valence-electron chi connectivity index (χ0n) is 13.1. The van der Waals surface area contributed by atoms with Gasteiger partial charge in [0.2, 0.25) is 0 Å². The number of carbonyl (C=O) groups excluding carboxylic acids is 1. The van der Waals surface area contributed by atoms with Crippen molar-refractivity contribution in [3.8, 4) is 0 Å². The molecule has 2 heteroatoms. The fourth-order valence-electron chi connectivity index (χ4n) is 3.78. The van der Waals surface area contributed by atoms with Gasteiger partial charge in [0.05, 0.1) is 0 Å². The van der Waals surface area contributed by atoms with Crippen molar-refractivity contribution in [2.45, 2.75) is 77.7 Å². The first kappa shape index (κ1) is 15.0. The summed E-state index contributed by atoms with van der Waals surface area (Å²) in [6, 6.07) is 0. The van der Waals surface area contributed by atoms with E-state index in [0.717, 1.165) is 44.4 Å². The van der Waals surface area contributed by atoms with Crippen LogP contribution in [-0.2, 0) is 9.53 Å². The van der Waals surface area contributed by atoms with Crippen molar-refractivity contribution in [3.63, 3.8) is 0 Å². The average molecular weight is 266 g/mol. The van der Waals surface area contributed by atoms with Crippen molar-refractivity contribution in [1.29, 1.82) is 0 Å². The largest absolute Gasteiger partial charge is 0.370 e. The Balaban J connectivity index is 2.03. The molecule has 2 aliphatic carbocycles. The lowest BCUT2D eigenvalue weighted by atomic mass is 9.66. The van der Waals surface area contributed by atoms with E-state index in [2.05, 4.69) is 20.8 Å². The molecule has 110 valence electrons. The van der Waals surface area contributed by atoms with Gasteiger partial charge in [0.15, 0.2) is 5.78 Å². The van der Waals surface area contributed by atoms with Gasteiger partial charge >= 0.3 is 0 Å². The monoisotopic (exact) mass is 266 g/mol. The Labute approximate surface area is 118 Å². The van der Waals surface area contributed by atoms with Crippen molar-refractivity contribution in [2.24, 2.45) is 17.3 Å². The molecule has 0 aromatic carbocycles. The molecule has 2 fully saturated rings. The van der Waals surface area contributed by atoms with E-state index in [-0.39, 0.29) is 5.92 Å². The van der Waals surface area contributed by atoms with Crippen molar-refractivity contribution in [1.82, 2.24) is 0 Å². The number of ketones is 1. The quantitative estimate of drug-likeness (QED) is 0.758. The SMILES string of the molecule is COC1(C(=O)C2CCC(C)CC2)CCC(C)(C)CC1. The number of carbonyl (C=O) groups is 1. The first-order chi connectivity index (χ1) is 8.88. The molecule has 19 heavy (non-hydrogen) atoms. The fraction of sp³-hybridized carbons (Fsp3) is 0.941. The highest BCUT2D eigenvalue weighted by molar-refractivity contribution is 5.89. The Morgan fingerprint density at radius 3 is 2.00 bits per heavy atom. The second kappa shape index (κ2) is 5.55. The van der Waals surface area contributed by atoms with Gasteiger partial charge < -0.3 is 4.74 Å². The van der Waals surface area contributed by atoms with Crippen LogP contribution < -0.4 is 0 Å². The van der Waals surface area contributed by atoms with Gasteiger partial charge in [-0.2, -0.15) is 0 Å². The van der Waals surface area contributed by atoms with Crippen LogP contribution in [0.25, 0.3) is 0 Å². The van der Waals surface area contributed by atoms with Gasteiger partial charge in [0, 0.05) is 13.0 Å². The van der Waals surface area contributed by atoms with E-state index >= 15 is 0 Å². The van der Waals surface area contributed by atoms with Crippen LogP contribution in [0.2, 0.25) is 0 Å². The van der Waals surface area contributed by atoms with Crippen LogP contribution in [0.3, 0.4) is 0 Å². The number of ether oxygens (including phenoxy) is 1. The molecule has 0 unspecified atom stereocenters. The van der Waals surface area contributed by atoms with Crippen LogP contribution in [0.4, 0.5) is 0 Å². The molecule has 0 aliphatic heterocycles. The van der Waals surface area contributed by atoms with Crippen molar-refractivity contribution in [2.75, 3.05) is 7.11 Å². The molecule has 0 atom stereocenters. The van der Waals surface area contributed by atoms with E-state index in [1.54, 1.807) is 7.11 Å². The number of methoxy groups -OCH3 is 1. The average Bonchev–Trinajstić information content (AvgIpc) is 2.40. The van der Waals surface area contributed by atoms with Crippen LogP contribution in [0.15, 0.2) is 0 Å². The van der Waals surface area contributed by atoms with Gasteiger partial charge in [-0.3, -0.25) is 4.79 Å². The van der Waals surface area contributed by atoms with E-state index in [1.807, 2.05) is 0 Å². The van der Waals surface area contributed by atoms with E-state index in [0.29, 0.717) is 11.2 Å². The summed E-state index contributed by atoms with van der Waals surface area (Å²) in [4.78, 5) is 12.9. The van der Waals surface area contributed by atoms with Crippen LogP contribution >= 0.6 is 0 Å². The molecule has 0 N–H and O–H groups in total. The molecule has 0 amide bonds. The maximum atomic E-state index is 12.9. The molecule has 0 aromatic heterocycles. The Kier molecular flexibility index (Phi) is 4.39. The van der Waals surface area contributed by atoms with Crippen LogP contribution in [0, 0.1) is 17.3 Å². The third kappa shape index (κ3) is 3.21. The molecule has 2 aliphatic rings. The number of rotatable bonds is 3. The van der Waals surface area contributed by atoms with E-state index in [4.69, 9.17) is 4.74 Å². The summed E-state index contributed by atoms with van der Waals surface area (Å²) in [5.74, 6) is 1.47. The zero-order chi connectivity index (χ0) is 14.1. The normalized spacial score (nSPS) is 33.9. The summed E-state index contributed by atoms with van der Waals surface area (Å²) in [7, 11) is 1.74. The van der Waals surface area contributed by atoms with Gasteiger partial charge in [-0.1, -0.05) is 33.6 Å². The minimum absolute atomic E-state index is 0.261. The van der Waals surface area contributed by atoms with Gasteiger partial charge in [0.1, 0.15) is 5.60 Å². The minimum atomic E-state index is -0.458. The molecule has 0 bridgehead atoms. The molecule has 2 saturated carbocycles. The van der Waals surface area contributed by atoms with Crippen molar-refractivity contribution in [3.05, 3.63) is 0 Å². The fourth-order valence-corrected chi connectivity index (χ4v) is 3.78. The molecule has 0 heterocycles. The molecular formula is C17H30O2. The summed E-state index contributed by atoms with van der Waals surface area (Å²) in [6.45, 7) is 6.91. The maximum Gasteiger partial charge on any atom is 0.167 e. The highest BCUT2D eigenvalue weighted by Gasteiger charge is 2.46. The molecule has 0 saturated heterocycles. The topological polar surface area (TPSA) is 26.3 Å². The lowest BCUT2D eigenvalue weighted by Gasteiger charge is -2.43. The second-order valence-electron chi connectivity index (χ2n) is 7.68. The summed E-state index contributed by atoms with van der Waals surface area (Å²) in [6.07, 6.45) is 8.63. The summed E-state index contributed by atoms with van der Waals surface area (Å²) in [5, 5.41) is 0. The Hall–Kier alpha value is -0.370. The lowest BCUT2D eigenvalue weighted by molar-refractivity contribution is -0.153. The Morgan fingerprint density at radius 2 is 1.53 bits per heavy atom. The van der Waals surface area contributed by atoms with E-state index < -0.39 is 5.60 Å². The first-order valence-electron chi connectivity index (χ1n) is 7.98. The summed E-state index contributed by atoms with van der Waals surface area (Å²) in [5.41, 5.74) is -0.0792. The number of Topliss-reactive ketones (excluding diaryl/α,β-unsaturated/α-hetero) is 1. The molecule has 2 rings (SSSR count). The highest BCUT2D eigenvalue weighted by atomic mass is 16.5. The van der Waals surface area contributed by atoms with Crippen molar-refractivity contribution < 1.29 is 9.53 Å². The highest BCUT2D eigenvalue weighted by Crippen LogP contribution is 2.44. The van der Waals surface area contributed by atoms with Gasteiger partial charge in [-0.25, -0.2) is 0 Å². The summed E-state index contributed by atoms with van der Waals surface area (Å²) < 4.78 is 5.76. The molecule has 0 radical (unpaired) electrons. The van der Waals surface area contributed by atoms with Gasteiger partial charge in [-0.15, -0.1) is 0 Å². The van der Waals surface area contributed by atoms with Gasteiger partial charge in [0.25, 0.3) is 0 Å². The van der Waals surface area contributed by atoms with Crippen LogP contribution in [0.1, 0.15) is 72.1 Å². The zero-order valence-corrected chi connectivity index (χ0v) is 13.1. The number of hydrogen-bond acceptors (Lipinski definition) is 2. The molecule has 0 aromatic rings. The predicted octanol–water partition coefficient (Wildman–Crippen LogP) is 4.37. The van der Waals surface area contributed by atoms with E-state index in [1.165, 1.54) is 12.8 Å². The molecule has 0 spiro atoms. The van der Waals surface area contributed by atoms with E-state index in [9.17, 15) is 4.79 Å². The minimum Gasteiger partial charge on any atom is -0.370 e. The molecule has 2 nitrogen and oxygen atoms in total. The Morgan fingerprint density at radius 1 is 1.00 bits per heavy atom. The maximum absolute atomic E-state index is 12.9. The van der Waals surface area contributed by atoms with Crippen molar-refractivity contribution >= 4 is 5.78 Å². The second-order valence-corrected chi connectivity index (χ2v) is 7.68. The summed E-state index contributed by atoms with van der Waals surface area (Å²) >= 11 is 0. The number of hydrogen-bond donors (Lipinski definition) is 0. The lowest BCUT2D eigenvalue weighted by Crippen LogP contribution is -2.49. The molecular weight excluding hydrogens is 236 g/mol. The third-order valence-corrected chi connectivity index (χ3v) is 5.64. The standard InChI is InChI=1S/C17H30O2/c1-13-5-7-14(8-6-13)15(18)17(19-4)11-9-16(2,3)10-12-17/h13-14H,5-12H2,1-4H3. The third-order valence-electron chi connectivity index (χ3n) is 5.64. The Bertz CT molecular complexity index is 314. The van der Waals surface area contributed by atoms with Crippen LogP contribution in [0.5, 0.6) is 0 Å². The van der Waals surface area contributed by atoms with Gasteiger partial charge in [-0.05, 0) is 49.9 Å². The predicted molar refractivity (Wildman–Crippen MR) is 78.1 cm³/mol. The smallest absolute Gasteiger partial charge is 0.167 e. The first-order valence-corrected chi connectivity index (χ1v) is 7.98. The van der Waals surface area contributed by atoms with Crippen LogP contribution in [-0.4, -0.2) is 18.5 Å².